The van der Waals surface area contributed by atoms with E-state index in [0.717, 1.165) is 16.8 Å². The minimum atomic E-state index is -4.52. The van der Waals surface area contributed by atoms with E-state index in [1.165, 1.54) is 13.0 Å². The van der Waals surface area contributed by atoms with Crippen molar-refractivity contribution in [3.63, 3.8) is 0 Å². The van der Waals surface area contributed by atoms with E-state index in [9.17, 15) is 13.0 Å². The van der Waals surface area contributed by atoms with E-state index in [1.54, 1.807) is 0 Å². The second-order valence-corrected chi connectivity index (χ2v) is 6.38. The smallest absolute Gasteiger partial charge is 0.282 e. The summed E-state index contributed by atoms with van der Waals surface area (Å²) in [4.78, 5) is 5.90. The van der Waals surface area contributed by atoms with Crippen molar-refractivity contribution in [1.29, 1.82) is 5.39 Å². The molecule has 0 bridgehead atoms. The average Bonchev–Trinajstić information content (AvgIpc) is 2.87. The van der Waals surface area contributed by atoms with E-state index in [0.29, 0.717) is 12.0 Å². The van der Waals surface area contributed by atoms with Gasteiger partial charge in [-0.25, -0.2) is 10.1 Å². The molecule has 2 N–H and O–H groups in total. The second-order valence-electron chi connectivity index (χ2n) is 4.21. The van der Waals surface area contributed by atoms with Gasteiger partial charge in [-0.1, -0.05) is 14.8 Å². The lowest BCUT2D eigenvalue weighted by Gasteiger charge is -2.05. The molecule has 11 nitrogen and oxygen atoms in total. The molecule has 0 saturated carbocycles. The molecule has 2 aromatic rings. The van der Waals surface area contributed by atoms with Crippen molar-refractivity contribution in [1.82, 2.24) is 9.78 Å². The Balaban J connectivity index is 2.76. The Morgan fingerprint density at radius 1 is 1.46 bits per heavy atom. The van der Waals surface area contributed by atoms with Gasteiger partial charge in [0.1, 0.15) is 0 Å². The number of aromatic nitrogens is 2. The summed E-state index contributed by atoms with van der Waals surface area (Å²) in [6, 6.07) is 3.33. The summed E-state index contributed by atoms with van der Waals surface area (Å²) < 4.78 is 37.1. The van der Waals surface area contributed by atoms with E-state index < -0.39 is 15.0 Å². The predicted molar refractivity (Wildman–Crippen MR) is 79.8 cm³/mol. The Kier molecular flexibility index (Phi) is 5.15. The molecule has 0 radical (unpaired) electrons. The molecule has 0 unspecified atom stereocenters. The molecule has 0 aliphatic heterocycles. The zero-order chi connectivity index (χ0) is 17.9. The molecule has 0 spiro atoms. The van der Waals surface area contributed by atoms with E-state index in [-0.39, 0.29) is 27.8 Å². The van der Waals surface area contributed by atoms with Crippen LogP contribution in [0.25, 0.3) is 15.5 Å². The number of aryl methyl sites for hydroxylation is 1. The molecule has 1 aromatic heterocycles. The van der Waals surface area contributed by atoms with E-state index in [2.05, 4.69) is 24.3 Å². The lowest BCUT2D eigenvalue weighted by molar-refractivity contribution is -0.432. The molecule has 124 valence electrons. The Hall–Kier alpha value is -2.52. The van der Waals surface area contributed by atoms with Crippen molar-refractivity contribution >= 4 is 33.7 Å². The maximum absolute atomic E-state index is 11.3. The summed E-state index contributed by atoms with van der Waals surface area (Å²) in [6.07, 6.45) is 0. The van der Waals surface area contributed by atoms with E-state index in [1.807, 2.05) is 0 Å². The molecule has 0 fully saturated rings. The molecule has 2 rings (SSSR count). The normalized spacial score (nSPS) is 11.0. The van der Waals surface area contributed by atoms with Crippen LogP contribution in [0.4, 0.5) is 11.5 Å². The lowest BCUT2D eigenvalue weighted by Crippen LogP contribution is -2.03. The minimum absolute atomic E-state index is 0.00187. The predicted octanol–water partition coefficient (Wildman–Crippen LogP) is 2.89. The second kappa shape index (κ2) is 6.93. The topological polar surface area (TPSA) is 143 Å². The van der Waals surface area contributed by atoms with Gasteiger partial charge in [0, 0.05) is 11.0 Å². The highest BCUT2D eigenvalue weighted by Gasteiger charge is 2.31. The number of diazo groups is 1. The molecular formula is C11H8N5O6S2+. The summed E-state index contributed by atoms with van der Waals surface area (Å²) in [7, 11) is -4.52. The third kappa shape index (κ3) is 3.36. The van der Waals surface area contributed by atoms with Gasteiger partial charge in [0.05, 0.1) is 39.5 Å². The summed E-state index contributed by atoms with van der Waals surface area (Å²) in [5.74, 6) is -0.248. The van der Waals surface area contributed by atoms with Crippen molar-refractivity contribution in [2.45, 2.75) is 16.7 Å². The fourth-order valence-electron chi connectivity index (χ4n) is 1.84. The highest BCUT2D eigenvalue weighted by atomic mass is 32.2. The summed E-state index contributed by atoms with van der Waals surface area (Å²) in [5, 5.41) is 24.9. The van der Waals surface area contributed by atoms with Crippen LogP contribution in [0.5, 0.6) is 0 Å². The number of rotatable bonds is 5. The Bertz CT molecular complexity index is 972. The van der Waals surface area contributed by atoms with Crippen LogP contribution in [-0.4, -0.2) is 28.0 Å². The fourth-order valence-corrected chi connectivity index (χ4v) is 2.80. The van der Waals surface area contributed by atoms with Gasteiger partial charge in [-0.05, 0) is 19.1 Å². The van der Waals surface area contributed by atoms with Gasteiger partial charge >= 0.3 is 11.5 Å². The lowest BCUT2D eigenvalue weighted by atomic mass is 10.3. The maximum Gasteiger partial charge on any atom is 0.460 e. The molecule has 1 aromatic carbocycles. The average molecular weight is 370 g/mol. The first-order valence-electron chi connectivity index (χ1n) is 5.92. The molecule has 13 heteroatoms. The molecule has 0 saturated heterocycles. The number of benzene rings is 1. The van der Waals surface area contributed by atoms with Crippen LogP contribution in [0.2, 0.25) is 0 Å². The van der Waals surface area contributed by atoms with Crippen LogP contribution in [-0.2, 0) is 19.5 Å². The van der Waals surface area contributed by atoms with Crippen LogP contribution >= 0.6 is 12.0 Å². The third-order valence-electron chi connectivity index (χ3n) is 2.82. The highest BCUT2D eigenvalue weighted by Crippen LogP contribution is 2.37. The molecule has 1 heterocycles. The Morgan fingerprint density at radius 2 is 2.17 bits per heavy atom. The van der Waals surface area contributed by atoms with Crippen LogP contribution < -0.4 is 0 Å². The minimum Gasteiger partial charge on any atom is -0.282 e. The standard InChI is InChI=1S/C11H7N5O6S2/c1-6-10(13-2)11(14-12)16(15-6)8-5-7(24(18,19)20)3-4-9(8)23-22-21-17/h3-5H,1H3,(H-,17,18,19,20)/p+1. The summed E-state index contributed by atoms with van der Waals surface area (Å²) >= 11 is 0.493. The van der Waals surface area contributed by atoms with Gasteiger partial charge in [0.25, 0.3) is 10.1 Å². The monoisotopic (exact) mass is 370 g/mol. The van der Waals surface area contributed by atoms with Crippen molar-refractivity contribution < 1.29 is 27.6 Å². The number of hydrogen-bond acceptors (Lipinski definition) is 8. The molecule has 0 aliphatic carbocycles. The van der Waals surface area contributed by atoms with Crippen molar-refractivity contribution in [3.05, 3.63) is 40.3 Å². The van der Waals surface area contributed by atoms with Crippen molar-refractivity contribution in [2.24, 2.45) is 0 Å². The van der Waals surface area contributed by atoms with Crippen LogP contribution in [0.15, 0.2) is 28.0 Å². The van der Waals surface area contributed by atoms with Crippen molar-refractivity contribution in [3.8, 4) is 5.69 Å². The van der Waals surface area contributed by atoms with Gasteiger partial charge in [-0.2, -0.15) is 8.42 Å². The SMILES string of the molecule is [C-]#[N+]c1c(C)nn(-c2cc(S(=O)(=O)O)ccc2SOOO)c1[N+]#N. The number of hydrogen-bond donors (Lipinski definition) is 2. The Labute approximate surface area is 139 Å². The first kappa shape index (κ1) is 17.8. The Morgan fingerprint density at radius 3 is 2.71 bits per heavy atom. The van der Waals surface area contributed by atoms with Gasteiger partial charge in [0.2, 0.25) is 0 Å². The van der Waals surface area contributed by atoms with E-state index >= 15 is 0 Å². The molecule has 24 heavy (non-hydrogen) atoms. The first-order chi connectivity index (χ1) is 11.3. The largest absolute Gasteiger partial charge is 0.460 e. The van der Waals surface area contributed by atoms with Gasteiger partial charge in [-0.3, -0.25) is 4.55 Å². The zero-order valence-corrected chi connectivity index (χ0v) is 13.4. The van der Waals surface area contributed by atoms with Crippen molar-refractivity contribution in [2.75, 3.05) is 0 Å². The summed E-state index contributed by atoms with van der Waals surface area (Å²) in [5.41, 5.74) is 0.174. The zero-order valence-electron chi connectivity index (χ0n) is 11.8. The molecule has 0 atom stereocenters. The first-order valence-corrected chi connectivity index (χ1v) is 8.10. The fraction of sp³-hybridized carbons (Fsp3) is 0.0909. The molecule has 0 aliphatic rings. The number of nitrogens with zero attached hydrogens (tertiary/aromatic N) is 5. The van der Waals surface area contributed by atoms with Gasteiger partial charge in [0.15, 0.2) is 5.69 Å². The van der Waals surface area contributed by atoms with Crippen LogP contribution in [0.3, 0.4) is 0 Å². The maximum atomic E-state index is 11.3. The third-order valence-corrected chi connectivity index (χ3v) is 4.33. The quantitative estimate of drug-likeness (QED) is 0.203. The van der Waals surface area contributed by atoms with Crippen LogP contribution in [0.1, 0.15) is 5.69 Å². The van der Waals surface area contributed by atoms with Gasteiger partial charge in [-0.15, -0.1) is 4.33 Å². The van der Waals surface area contributed by atoms with Gasteiger partial charge < -0.3 is 0 Å². The van der Waals surface area contributed by atoms with Crippen LogP contribution in [0, 0.1) is 18.9 Å². The molecule has 0 amide bonds. The highest BCUT2D eigenvalue weighted by molar-refractivity contribution is 7.94. The van der Waals surface area contributed by atoms with E-state index in [4.69, 9.17) is 17.2 Å². The molecular weight excluding hydrogens is 362 g/mol. The summed E-state index contributed by atoms with van der Waals surface area (Å²) in [6.45, 7) is 8.58.